The SMILES string of the molecule is C[C@H](O)[C@H](O)[C@@H](O[C@H]1O[C@H](CO)[C@@H](O)[C@H](O)[C@H]1O)[C@@H](O)C=O. The lowest BCUT2D eigenvalue weighted by molar-refractivity contribution is -0.324. The van der Waals surface area contributed by atoms with Gasteiger partial charge in [0.25, 0.3) is 0 Å². The summed E-state index contributed by atoms with van der Waals surface area (Å²) in [5.41, 5.74) is 0. The van der Waals surface area contributed by atoms with Crippen LogP contribution in [0.3, 0.4) is 0 Å². The van der Waals surface area contributed by atoms with Crippen molar-refractivity contribution in [3.63, 3.8) is 0 Å². The van der Waals surface area contributed by atoms with Gasteiger partial charge in [-0.15, -0.1) is 0 Å². The van der Waals surface area contributed by atoms with Gasteiger partial charge in [-0.2, -0.15) is 0 Å². The second-order valence-corrected chi connectivity index (χ2v) is 5.16. The molecule has 1 fully saturated rings. The summed E-state index contributed by atoms with van der Waals surface area (Å²) in [4.78, 5) is 10.7. The monoisotopic (exact) mass is 326 g/mol. The van der Waals surface area contributed by atoms with E-state index < -0.39 is 61.7 Å². The lowest BCUT2D eigenvalue weighted by Gasteiger charge is -2.41. The van der Waals surface area contributed by atoms with E-state index in [1.807, 2.05) is 0 Å². The first-order valence-corrected chi connectivity index (χ1v) is 6.70. The molecule has 7 N–H and O–H groups in total. The van der Waals surface area contributed by atoms with Crippen molar-refractivity contribution in [1.29, 1.82) is 0 Å². The van der Waals surface area contributed by atoms with E-state index in [2.05, 4.69) is 0 Å². The standard InChI is InChI=1S/C12H22O10/c1-4(15)7(17)11(5(16)2-13)22-12-10(20)9(19)8(18)6(3-14)21-12/h2,4-12,14-20H,3H2,1H3/t4-,5-,6+,7-,8+,9-,10+,11-,12+/m0/s1. The van der Waals surface area contributed by atoms with Crippen molar-refractivity contribution in [2.24, 2.45) is 0 Å². The fraction of sp³-hybridized carbons (Fsp3) is 0.917. The highest BCUT2D eigenvalue weighted by atomic mass is 16.7. The lowest BCUT2D eigenvalue weighted by atomic mass is 9.98. The molecule has 0 radical (unpaired) electrons. The molecular formula is C12H22O10. The minimum Gasteiger partial charge on any atom is -0.394 e. The van der Waals surface area contributed by atoms with Gasteiger partial charge in [-0.25, -0.2) is 0 Å². The minimum absolute atomic E-state index is 0.0558. The number of ether oxygens (including phenoxy) is 2. The van der Waals surface area contributed by atoms with Crippen molar-refractivity contribution >= 4 is 6.29 Å². The van der Waals surface area contributed by atoms with Gasteiger partial charge in [-0.1, -0.05) is 0 Å². The summed E-state index contributed by atoms with van der Waals surface area (Å²) in [5, 5.41) is 66.7. The molecule has 0 spiro atoms. The van der Waals surface area contributed by atoms with Crippen molar-refractivity contribution in [2.75, 3.05) is 6.61 Å². The molecule has 1 aliphatic rings. The van der Waals surface area contributed by atoms with Crippen LogP contribution in [-0.4, -0.2) is 104 Å². The molecule has 130 valence electrons. The van der Waals surface area contributed by atoms with Gasteiger partial charge in [0.15, 0.2) is 12.6 Å². The molecule has 0 unspecified atom stereocenters. The van der Waals surface area contributed by atoms with E-state index in [4.69, 9.17) is 14.6 Å². The molecule has 1 aliphatic heterocycles. The van der Waals surface area contributed by atoms with Gasteiger partial charge in [0.2, 0.25) is 0 Å². The summed E-state index contributed by atoms with van der Waals surface area (Å²) in [6.45, 7) is 0.497. The van der Waals surface area contributed by atoms with Crippen molar-refractivity contribution in [2.45, 2.75) is 62.0 Å². The largest absolute Gasteiger partial charge is 0.394 e. The number of hydrogen-bond donors (Lipinski definition) is 7. The molecule has 0 aliphatic carbocycles. The number of hydrogen-bond acceptors (Lipinski definition) is 10. The number of rotatable bonds is 7. The van der Waals surface area contributed by atoms with Crippen LogP contribution in [0.5, 0.6) is 0 Å². The Hall–Kier alpha value is -0.690. The highest BCUT2D eigenvalue weighted by Gasteiger charge is 2.46. The summed E-state index contributed by atoms with van der Waals surface area (Å²) < 4.78 is 10.1. The second-order valence-electron chi connectivity index (χ2n) is 5.16. The van der Waals surface area contributed by atoms with E-state index in [9.17, 15) is 35.4 Å². The van der Waals surface area contributed by atoms with E-state index in [1.54, 1.807) is 0 Å². The Balaban J connectivity index is 2.89. The molecular weight excluding hydrogens is 304 g/mol. The third kappa shape index (κ3) is 4.19. The first-order chi connectivity index (χ1) is 10.2. The quantitative estimate of drug-likeness (QED) is 0.225. The van der Waals surface area contributed by atoms with E-state index in [1.165, 1.54) is 6.92 Å². The van der Waals surface area contributed by atoms with Gasteiger partial charge in [-0.05, 0) is 6.92 Å². The summed E-state index contributed by atoms with van der Waals surface area (Å²) in [6.07, 6.45) is -14.5. The predicted octanol–water partition coefficient (Wildman–Crippen LogP) is -4.53. The number of carbonyl (C=O) groups excluding carboxylic acids is 1. The zero-order valence-corrected chi connectivity index (χ0v) is 11.8. The summed E-state index contributed by atoms with van der Waals surface area (Å²) in [7, 11) is 0. The Bertz CT molecular complexity index is 349. The highest BCUT2D eigenvalue weighted by molar-refractivity contribution is 5.56. The Morgan fingerprint density at radius 2 is 1.73 bits per heavy atom. The van der Waals surface area contributed by atoms with E-state index in [-0.39, 0.29) is 6.29 Å². The van der Waals surface area contributed by atoms with Crippen molar-refractivity contribution in [3.8, 4) is 0 Å². The zero-order valence-electron chi connectivity index (χ0n) is 11.8. The Morgan fingerprint density at radius 3 is 2.18 bits per heavy atom. The van der Waals surface area contributed by atoms with Gasteiger partial charge in [0, 0.05) is 0 Å². The zero-order chi connectivity index (χ0) is 17.0. The molecule has 1 saturated heterocycles. The molecule has 0 bridgehead atoms. The Morgan fingerprint density at radius 1 is 1.14 bits per heavy atom. The molecule has 0 aromatic carbocycles. The molecule has 1 rings (SSSR count). The van der Waals surface area contributed by atoms with Crippen LogP contribution in [-0.2, 0) is 14.3 Å². The molecule has 0 aromatic heterocycles. The fourth-order valence-electron chi connectivity index (χ4n) is 2.05. The molecule has 22 heavy (non-hydrogen) atoms. The number of aliphatic hydroxyl groups is 7. The maximum Gasteiger partial charge on any atom is 0.187 e. The van der Waals surface area contributed by atoms with Gasteiger partial charge < -0.3 is 50.0 Å². The lowest BCUT2D eigenvalue weighted by Crippen LogP contribution is -2.61. The Labute approximate surface area is 126 Å². The van der Waals surface area contributed by atoms with Crippen LogP contribution in [0.15, 0.2) is 0 Å². The number of aliphatic hydroxyl groups excluding tert-OH is 7. The van der Waals surface area contributed by atoms with Crippen LogP contribution in [0, 0.1) is 0 Å². The smallest absolute Gasteiger partial charge is 0.187 e. The molecule has 0 saturated carbocycles. The van der Waals surface area contributed by atoms with Crippen LogP contribution in [0.1, 0.15) is 6.92 Å². The molecule has 9 atom stereocenters. The van der Waals surface area contributed by atoms with E-state index in [0.29, 0.717) is 0 Å². The average Bonchev–Trinajstić information content (AvgIpc) is 2.50. The topological polar surface area (TPSA) is 177 Å². The minimum atomic E-state index is -1.84. The maximum absolute atomic E-state index is 10.7. The van der Waals surface area contributed by atoms with Crippen LogP contribution in [0.2, 0.25) is 0 Å². The predicted molar refractivity (Wildman–Crippen MR) is 68.4 cm³/mol. The van der Waals surface area contributed by atoms with Crippen LogP contribution in [0.25, 0.3) is 0 Å². The highest BCUT2D eigenvalue weighted by Crippen LogP contribution is 2.24. The number of aldehydes is 1. The summed E-state index contributed by atoms with van der Waals surface area (Å²) in [6, 6.07) is 0. The van der Waals surface area contributed by atoms with Crippen LogP contribution < -0.4 is 0 Å². The molecule has 0 aromatic rings. The van der Waals surface area contributed by atoms with E-state index in [0.717, 1.165) is 0 Å². The van der Waals surface area contributed by atoms with Crippen LogP contribution >= 0.6 is 0 Å². The first kappa shape index (κ1) is 19.4. The van der Waals surface area contributed by atoms with E-state index >= 15 is 0 Å². The van der Waals surface area contributed by atoms with Crippen molar-refractivity contribution < 1.29 is 50.0 Å². The van der Waals surface area contributed by atoms with Gasteiger partial charge in [0.1, 0.15) is 42.7 Å². The van der Waals surface area contributed by atoms with Gasteiger partial charge in [-0.3, -0.25) is 0 Å². The fourth-order valence-corrected chi connectivity index (χ4v) is 2.05. The summed E-state index contributed by atoms with van der Waals surface area (Å²) >= 11 is 0. The Kier molecular flexibility index (Phi) is 7.25. The third-order valence-corrected chi connectivity index (χ3v) is 3.45. The normalized spacial score (nSPS) is 38.1. The van der Waals surface area contributed by atoms with Crippen molar-refractivity contribution in [1.82, 2.24) is 0 Å². The molecule has 10 nitrogen and oxygen atoms in total. The number of carbonyl (C=O) groups is 1. The third-order valence-electron chi connectivity index (χ3n) is 3.45. The molecule has 0 amide bonds. The maximum atomic E-state index is 10.7. The average molecular weight is 326 g/mol. The van der Waals surface area contributed by atoms with Crippen molar-refractivity contribution in [3.05, 3.63) is 0 Å². The second kappa shape index (κ2) is 8.24. The van der Waals surface area contributed by atoms with Gasteiger partial charge >= 0.3 is 0 Å². The first-order valence-electron chi connectivity index (χ1n) is 6.70. The molecule has 1 heterocycles. The van der Waals surface area contributed by atoms with Gasteiger partial charge in [0.05, 0.1) is 12.7 Å². The molecule has 10 heteroatoms. The van der Waals surface area contributed by atoms with Crippen LogP contribution in [0.4, 0.5) is 0 Å². The summed E-state index contributed by atoms with van der Waals surface area (Å²) in [5.74, 6) is 0.